The van der Waals surface area contributed by atoms with Crippen LogP contribution >= 0.6 is 0 Å². The topological polar surface area (TPSA) is 34.1 Å². The van der Waals surface area contributed by atoms with Crippen molar-refractivity contribution >= 4 is 5.69 Å². The number of anilines is 1. The van der Waals surface area contributed by atoms with Crippen LogP contribution in [0.15, 0.2) is 42.6 Å². The summed E-state index contributed by atoms with van der Waals surface area (Å²) in [5.41, 5.74) is 3.14. The first-order valence-corrected chi connectivity index (χ1v) is 5.11. The number of pyridine rings is 1. The highest BCUT2D eigenvalue weighted by molar-refractivity contribution is 5.62. The number of benzene rings is 1. The van der Waals surface area contributed by atoms with E-state index in [9.17, 15) is 0 Å². The summed E-state index contributed by atoms with van der Waals surface area (Å²) in [6.07, 6.45) is 1.72. The van der Waals surface area contributed by atoms with E-state index in [0.29, 0.717) is 0 Å². The van der Waals surface area contributed by atoms with Crippen molar-refractivity contribution in [2.24, 2.45) is 0 Å². The van der Waals surface area contributed by atoms with E-state index in [4.69, 9.17) is 4.74 Å². The molecule has 2 rings (SSSR count). The zero-order chi connectivity index (χ0) is 11.4. The van der Waals surface area contributed by atoms with Crippen molar-refractivity contribution in [1.82, 2.24) is 4.98 Å². The van der Waals surface area contributed by atoms with Gasteiger partial charge in [-0.25, -0.2) is 0 Å². The largest absolute Gasteiger partial charge is 0.495 e. The summed E-state index contributed by atoms with van der Waals surface area (Å²) in [5.74, 6) is 0.774. The molecule has 3 heteroatoms. The Balaban J connectivity index is 2.28. The summed E-state index contributed by atoms with van der Waals surface area (Å²) in [6.45, 7) is 0. The third-order valence-electron chi connectivity index (χ3n) is 2.44. The molecule has 0 amide bonds. The van der Waals surface area contributed by atoms with E-state index in [1.165, 1.54) is 0 Å². The SMILES string of the molecule is CNc1ccc(-c2ccc(OC)cn2)cc1. The molecule has 0 saturated carbocycles. The normalized spacial score (nSPS) is 9.88. The van der Waals surface area contributed by atoms with Crippen LogP contribution in [0, 0.1) is 0 Å². The van der Waals surface area contributed by atoms with E-state index in [1.807, 2.05) is 43.4 Å². The second-order valence-corrected chi connectivity index (χ2v) is 3.41. The molecule has 0 bridgehead atoms. The number of ether oxygens (including phenoxy) is 1. The van der Waals surface area contributed by atoms with Crippen LogP contribution in [-0.2, 0) is 0 Å². The molecule has 0 radical (unpaired) electrons. The first-order valence-electron chi connectivity index (χ1n) is 5.11. The fourth-order valence-corrected chi connectivity index (χ4v) is 1.48. The Bertz CT molecular complexity index is 403. The third kappa shape index (κ3) is 2.14. The molecule has 0 aliphatic carbocycles. The Labute approximate surface area is 95.1 Å². The van der Waals surface area contributed by atoms with Gasteiger partial charge < -0.3 is 10.1 Å². The zero-order valence-electron chi connectivity index (χ0n) is 9.40. The number of nitrogens with one attached hydrogen (secondary N) is 1. The van der Waals surface area contributed by atoms with Crippen LogP contribution in [0.4, 0.5) is 5.69 Å². The molecule has 1 N–H and O–H groups in total. The molecular formula is C13H14N2O. The summed E-state index contributed by atoms with van der Waals surface area (Å²) < 4.78 is 5.07. The van der Waals surface area contributed by atoms with Gasteiger partial charge in [-0.3, -0.25) is 4.98 Å². The van der Waals surface area contributed by atoms with Gasteiger partial charge in [0, 0.05) is 18.3 Å². The van der Waals surface area contributed by atoms with Crippen LogP contribution in [0.3, 0.4) is 0 Å². The lowest BCUT2D eigenvalue weighted by atomic mass is 10.1. The molecular weight excluding hydrogens is 200 g/mol. The van der Waals surface area contributed by atoms with Crippen LogP contribution < -0.4 is 10.1 Å². The van der Waals surface area contributed by atoms with Crippen molar-refractivity contribution in [3.8, 4) is 17.0 Å². The molecule has 1 heterocycles. The predicted octanol–water partition coefficient (Wildman–Crippen LogP) is 2.80. The van der Waals surface area contributed by atoms with Gasteiger partial charge in [0.1, 0.15) is 5.75 Å². The first kappa shape index (κ1) is 10.5. The highest BCUT2D eigenvalue weighted by Gasteiger charge is 1.99. The first-order chi connectivity index (χ1) is 7.83. The molecule has 3 nitrogen and oxygen atoms in total. The molecule has 0 aliphatic rings. The van der Waals surface area contributed by atoms with E-state index in [1.54, 1.807) is 13.3 Å². The Hall–Kier alpha value is -2.03. The van der Waals surface area contributed by atoms with Gasteiger partial charge in [-0.05, 0) is 24.3 Å². The second kappa shape index (κ2) is 4.66. The van der Waals surface area contributed by atoms with Crippen molar-refractivity contribution in [2.45, 2.75) is 0 Å². The van der Waals surface area contributed by atoms with Crippen molar-refractivity contribution in [3.05, 3.63) is 42.6 Å². The van der Waals surface area contributed by atoms with Crippen LogP contribution in [0.25, 0.3) is 11.3 Å². The van der Waals surface area contributed by atoms with Crippen molar-refractivity contribution in [2.75, 3.05) is 19.5 Å². The Kier molecular flexibility index (Phi) is 3.05. The minimum Gasteiger partial charge on any atom is -0.495 e. The molecule has 82 valence electrons. The lowest BCUT2D eigenvalue weighted by molar-refractivity contribution is 0.413. The molecule has 1 aromatic carbocycles. The quantitative estimate of drug-likeness (QED) is 0.853. The Morgan fingerprint density at radius 3 is 2.31 bits per heavy atom. The maximum absolute atomic E-state index is 5.07. The third-order valence-corrected chi connectivity index (χ3v) is 2.44. The number of hydrogen-bond acceptors (Lipinski definition) is 3. The van der Waals surface area contributed by atoms with E-state index in [-0.39, 0.29) is 0 Å². The van der Waals surface area contributed by atoms with Gasteiger partial charge in [0.05, 0.1) is 19.0 Å². The molecule has 0 fully saturated rings. The highest BCUT2D eigenvalue weighted by Crippen LogP contribution is 2.20. The molecule has 0 atom stereocenters. The number of rotatable bonds is 3. The highest BCUT2D eigenvalue weighted by atomic mass is 16.5. The molecule has 1 aromatic heterocycles. The molecule has 0 aliphatic heterocycles. The monoisotopic (exact) mass is 214 g/mol. The van der Waals surface area contributed by atoms with Crippen LogP contribution in [0.5, 0.6) is 5.75 Å². The summed E-state index contributed by atoms with van der Waals surface area (Å²) in [5, 5.41) is 3.08. The predicted molar refractivity (Wildman–Crippen MR) is 65.8 cm³/mol. The van der Waals surface area contributed by atoms with Gasteiger partial charge in [-0.1, -0.05) is 12.1 Å². The zero-order valence-corrected chi connectivity index (χ0v) is 9.40. The van der Waals surface area contributed by atoms with E-state index in [0.717, 1.165) is 22.7 Å². The summed E-state index contributed by atoms with van der Waals surface area (Å²) in [6, 6.07) is 12.0. The van der Waals surface area contributed by atoms with Crippen molar-refractivity contribution < 1.29 is 4.74 Å². The number of nitrogens with zero attached hydrogens (tertiary/aromatic N) is 1. The van der Waals surface area contributed by atoms with Crippen LogP contribution in [-0.4, -0.2) is 19.1 Å². The molecule has 0 unspecified atom stereocenters. The van der Waals surface area contributed by atoms with Gasteiger partial charge in [0.25, 0.3) is 0 Å². The molecule has 2 aromatic rings. The average Bonchev–Trinajstić information content (AvgIpc) is 2.39. The fourth-order valence-electron chi connectivity index (χ4n) is 1.48. The van der Waals surface area contributed by atoms with Crippen LogP contribution in [0.1, 0.15) is 0 Å². The summed E-state index contributed by atoms with van der Waals surface area (Å²) in [7, 11) is 3.54. The van der Waals surface area contributed by atoms with E-state index >= 15 is 0 Å². The van der Waals surface area contributed by atoms with E-state index < -0.39 is 0 Å². The summed E-state index contributed by atoms with van der Waals surface area (Å²) in [4.78, 5) is 4.33. The fraction of sp³-hybridized carbons (Fsp3) is 0.154. The number of hydrogen-bond donors (Lipinski definition) is 1. The lowest BCUT2D eigenvalue weighted by Crippen LogP contribution is -1.89. The lowest BCUT2D eigenvalue weighted by Gasteiger charge is -2.04. The maximum Gasteiger partial charge on any atom is 0.137 e. The Morgan fingerprint density at radius 2 is 1.81 bits per heavy atom. The van der Waals surface area contributed by atoms with Crippen LogP contribution in [0.2, 0.25) is 0 Å². The number of methoxy groups -OCH3 is 1. The van der Waals surface area contributed by atoms with Gasteiger partial charge in [-0.15, -0.1) is 0 Å². The van der Waals surface area contributed by atoms with Gasteiger partial charge in [-0.2, -0.15) is 0 Å². The van der Waals surface area contributed by atoms with E-state index in [2.05, 4.69) is 10.3 Å². The molecule has 16 heavy (non-hydrogen) atoms. The summed E-state index contributed by atoms with van der Waals surface area (Å²) >= 11 is 0. The smallest absolute Gasteiger partial charge is 0.137 e. The van der Waals surface area contributed by atoms with Crippen molar-refractivity contribution in [3.63, 3.8) is 0 Å². The van der Waals surface area contributed by atoms with Gasteiger partial charge in [0.2, 0.25) is 0 Å². The maximum atomic E-state index is 5.07. The average molecular weight is 214 g/mol. The standard InChI is InChI=1S/C13H14N2O/c1-14-11-5-3-10(4-6-11)13-8-7-12(16-2)9-15-13/h3-9,14H,1-2H3. The minimum absolute atomic E-state index is 0.774. The van der Waals surface area contributed by atoms with Crippen molar-refractivity contribution in [1.29, 1.82) is 0 Å². The van der Waals surface area contributed by atoms with Gasteiger partial charge >= 0.3 is 0 Å². The Morgan fingerprint density at radius 1 is 1.06 bits per heavy atom. The molecule has 0 saturated heterocycles. The number of aromatic nitrogens is 1. The second-order valence-electron chi connectivity index (χ2n) is 3.41. The minimum atomic E-state index is 0.774. The molecule has 0 spiro atoms. The van der Waals surface area contributed by atoms with Gasteiger partial charge in [0.15, 0.2) is 0 Å².